The first-order valence-corrected chi connectivity index (χ1v) is 8.50. The molecular weight excluding hydrogens is 449 g/mol. The number of rotatable bonds is 5. The average Bonchev–Trinajstić information content (AvgIpc) is 3.15. The van der Waals surface area contributed by atoms with E-state index in [9.17, 15) is 32.7 Å². The summed E-state index contributed by atoms with van der Waals surface area (Å²) in [7, 11) is 0. The number of nitrogens with zero attached hydrogens (tertiary/aromatic N) is 4. The Kier molecular flexibility index (Phi) is 7.23. The summed E-state index contributed by atoms with van der Waals surface area (Å²) in [5.41, 5.74) is -1.05. The van der Waals surface area contributed by atoms with Gasteiger partial charge in [-0.1, -0.05) is 0 Å². The second-order valence-electron chi connectivity index (χ2n) is 6.17. The fourth-order valence-electron chi connectivity index (χ4n) is 2.79. The number of amides is 1. The molecule has 1 amide bonds. The van der Waals surface area contributed by atoms with Crippen LogP contribution < -0.4 is 4.90 Å². The quantitative estimate of drug-likeness (QED) is 0.659. The van der Waals surface area contributed by atoms with E-state index in [-0.39, 0.29) is 37.1 Å². The van der Waals surface area contributed by atoms with Gasteiger partial charge in [0.25, 0.3) is 5.91 Å². The number of aliphatic carboxylic acids is 1. The molecule has 0 radical (unpaired) electrons. The number of halogens is 4. The lowest BCUT2D eigenvalue weighted by atomic mass is 10.1. The van der Waals surface area contributed by atoms with Gasteiger partial charge >= 0.3 is 18.1 Å². The highest BCUT2D eigenvalue weighted by atomic mass is 35.5. The normalized spacial score (nSPS) is 17.6. The molecule has 2 aromatic rings. The van der Waals surface area contributed by atoms with E-state index < -0.39 is 41.9 Å². The number of ether oxygens (including phenoxy) is 2. The monoisotopic (exact) mass is 464 g/mol. The van der Waals surface area contributed by atoms with E-state index in [2.05, 4.69) is 14.8 Å². The minimum absolute atomic E-state index is 0. The first-order chi connectivity index (χ1) is 14.1. The van der Waals surface area contributed by atoms with Gasteiger partial charge in [-0.25, -0.2) is 9.48 Å². The number of carboxylic acids is 1. The number of morpholine rings is 1. The van der Waals surface area contributed by atoms with Gasteiger partial charge in [-0.15, -0.1) is 17.5 Å². The van der Waals surface area contributed by atoms with Crippen molar-refractivity contribution in [3.8, 4) is 5.69 Å². The molecule has 168 valence electrons. The minimum atomic E-state index is -4.64. The van der Waals surface area contributed by atoms with E-state index in [4.69, 9.17) is 4.74 Å². The van der Waals surface area contributed by atoms with Crippen LogP contribution in [0, 0.1) is 0 Å². The summed E-state index contributed by atoms with van der Waals surface area (Å²) in [5.74, 6) is -3.22. The van der Waals surface area contributed by atoms with Crippen molar-refractivity contribution in [2.75, 3.05) is 18.1 Å². The molecule has 0 saturated carbocycles. The number of alkyl halides is 3. The van der Waals surface area contributed by atoms with Crippen LogP contribution in [0.1, 0.15) is 12.6 Å². The zero-order valence-electron chi connectivity index (χ0n) is 15.8. The number of carbonyl (C=O) groups is 3. The van der Waals surface area contributed by atoms with E-state index in [1.54, 1.807) is 0 Å². The zero-order valence-corrected chi connectivity index (χ0v) is 16.6. The molecule has 0 bridgehead atoms. The van der Waals surface area contributed by atoms with Gasteiger partial charge in [-0.2, -0.15) is 13.2 Å². The topological polar surface area (TPSA) is 124 Å². The van der Waals surface area contributed by atoms with Crippen molar-refractivity contribution < 1.29 is 42.1 Å². The lowest BCUT2D eigenvalue weighted by Gasteiger charge is -2.33. The third-order valence-electron chi connectivity index (χ3n) is 4.08. The van der Waals surface area contributed by atoms with E-state index in [1.165, 1.54) is 18.3 Å². The Labute approximate surface area is 179 Å². The second-order valence-corrected chi connectivity index (χ2v) is 6.17. The largest absolute Gasteiger partial charge is 0.478 e. The van der Waals surface area contributed by atoms with Crippen molar-refractivity contribution in [3.05, 3.63) is 36.3 Å². The third-order valence-corrected chi connectivity index (χ3v) is 4.08. The number of esters is 1. The summed E-state index contributed by atoms with van der Waals surface area (Å²) >= 11 is 0. The maximum Gasteiger partial charge on any atom is 0.433 e. The van der Waals surface area contributed by atoms with Crippen LogP contribution in [0.5, 0.6) is 0 Å². The molecule has 0 spiro atoms. The molecule has 1 aliphatic heterocycles. The molecule has 2 atom stereocenters. The first kappa shape index (κ1) is 24.1. The average molecular weight is 465 g/mol. The highest BCUT2D eigenvalue weighted by Crippen LogP contribution is 2.29. The fraction of sp³-hybridized carbons (Fsp3) is 0.353. The van der Waals surface area contributed by atoms with Crippen LogP contribution in [0.4, 0.5) is 19.0 Å². The number of carboxylic acid groups (broad SMARTS) is 1. The van der Waals surface area contributed by atoms with Crippen molar-refractivity contribution in [2.45, 2.75) is 25.3 Å². The summed E-state index contributed by atoms with van der Waals surface area (Å²) in [4.78, 5) is 39.6. The highest BCUT2D eigenvalue weighted by molar-refractivity contribution is 5.99. The lowest BCUT2D eigenvalue weighted by molar-refractivity contribution is -0.177. The fourth-order valence-corrected chi connectivity index (χ4v) is 2.79. The van der Waals surface area contributed by atoms with Gasteiger partial charge < -0.3 is 14.6 Å². The number of anilines is 1. The molecule has 0 aromatic carbocycles. The number of carbonyl (C=O) groups excluding carboxylic acids is 2. The second kappa shape index (κ2) is 9.31. The van der Waals surface area contributed by atoms with Crippen LogP contribution in [-0.4, -0.2) is 63.1 Å². The molecule has 1 unspecified atom stereocenters. The molecule has 3 heterocycles. The molecule has 1 N–H and O–H groups in total. The molecule has 31 heavy (non-hydrogen) atoms. The van der Waals surface area contributed by atoms with Gasteiger partial charge in [-0.05, 0) is 12.1 Å². The van der Waals surface area contributed by atoms with Crippen molar-refractivity contribution in [1.82, 2.24) is 14.8 Å². The predicted molar refractivity (Wildman–Crippen MR) is 98.9 cm³/mol. The maximum absolute atomic E-state index is 12.9. The summed E-state index contributed by atoms with van der Waals surface area (Å²) in [5, 5.41) is 13.3. The van der Waals surface area contributed by atoms with Crippen molar-refractivity contribution in [1.29, 1.82) is 0 Å². The molecule has 1 fully saturated rings. The minimum Gasteiger partial charge on any atom is -0.478 e. The third kappa shape index (κ3) is 5.30. The van der Waals surface area contributed by atoms with Crippen molar-refractivity contribution in [3.63, 3.8) is 0 Å². The van der Waals surface area contributed by atoms with Gasteiger partial charge in [0.15, 0.2) is 11.9 Å². The lowest BCUT2D eigenvalue weighted by Crippen LogP contribution is -2.55. The molecule has 0 aliphatic carbocycles. The molecule has 14 heteroatoms. The molecule has 10 nitrogen and oxygen atoms in total. The summed E-state index contributed by atoms with van der Waals surface area (Å²) in [6.07, 6.45) is -5.77. The van der Waals surface area contributed by atoms with Crippen molar-refractivity contribution in [2.24, 2.45) is 0 Å². The Morgan fingerprint density at radius 2 is 2.06 bits per heavy atom. The number of aromatic nitrogens is 3. The highest BCUT2D eigenvalue weighted by Gasteiger charge is 2.43. The smallest absolute Gasteiger partial charge is 0.433 e. The Morgan fingerprint density at radius 1 is 1.35 bits per heavy atom. The molecule has 1 aliphatic rings. The predicted octanol–water partition coefficient (Wildman–Crippen LogP) is 1.46. The van der Waals surface area contributed by atoms with Crippen LogP contribution in [-0.2, 0) is 30.0 Å². The van der Waals surface area contributed by atoms with Crippen LogP contribution in [0.2, 0.25) is 0 Å². The van der Waals surface area contributed by atoms with Crippen LogP contribution in [0.3, 0.4) is 0 Å². The number of pyridine rings is 1. The number of hydrogen-bond donors (Lipinski definition) is 1. The van der Waals surface area contributed by atoms with E-state index in [1.807, 2.05) is 0 Å². The summed E-state index contributed by atoms with van der Waals surface area (Å²) in [6, 6.07) is 3.47. The van der Waals surface area contributed by atoms with Crippen LogP contribution in [0.25, 0.3) is 5.69 Å². The van der Waals surface area contributed by atoms with Gasteiger partial charge in [0.05, 0.1) is 18.8 Å². The van der Waals surface area contributed by atoms with Crippen LogP contribution >= 0.6 is 12.4 Å². The maximum atomic E-state index is 12.9. The van der Waals surface area contributed by atoms with E-state index >= 15 is 0 Å². The Morgan fingerprint density at radius 3 is 2.68 bits per heavy atom. The van der Waals surface area contributed by atoms with Gasteiger partial charge in [-0.3, -0.25) is 19.5 Å². The number of hydrogen-bond acceptors (Lipinski definition) is 7. The standard InChI is InChI=1S/C17H15F3N4O6.ClH/c1-9(25)30-14(16(27)28)13-15(26)23(6-7-29-13)12-3-5-24(22-12)10-2-4-21-11(8-10)17(18,19)20;/h2-5,8,13-14H,6-7H2,1H3,(H,27,28);1H/t13?,14-;/m1./s1. The van der Waals surface area contributed by atoms with Crippen LogP contribution in [0.15, 0.2) is 30.6 Å². The summed E-state index contributed by atoms with van der Waals surface area (Å²) in [6.45, 7) is 0.942. The molecular formula is C17H16ClF3N4O6. The van der Waals surface area contributed by atoms with E-state index in [0.29, 0.717) is 0 Å². The Balaban J connectivity index is 0.00000341. The molecule has 1 saturated heterocycles. The zero-order chi connectivity index (χ0) is 22.1. The first-order valence-electron chi connectivity index (χ1n) is 8.50. The van der Waals surface area contributed by atoms with Gasteiger partial charge in [0.2, 0.25) is 6.10 Å². The summed E-state index contributed by atoms with van der Waals surface area (Å²) < 4.78 is 49.6. The Hall–Kier alpha value is -3.19. The van der Waals surface area contributed by atoms with Gasteiger partial charge in [0.1, 0.15) is 5.69 Å². The van der Waals surface area contributed by atoms with Gasteiger partial charge in [0, 0.05) is 25.4 Å². The Bertz CT molecular complexity index is 983. The van der Waals surface area contributed by atoms with E-state index in [0.717, 1.165) is 28.8 Å². The molecule has 2 aromatic heterocycles. The SMILES string of the molecule is CC(=O)O[C@@H](C(=O)O)C1OCCN(c2ccn(-c3ccnc(C(F)(F)F)c3)n2)C1=O.Cl. The molecule has 3 rings (SSSR count). The van der Waals surface area contributed by atoms with Crippen molar-refractivity contribution >= 4 is 36.1 Å².